The predicted molar refractivity (Wildman–Crippen MR) is 100 cm³/mol. The molecule has 108 valence electrons. The molecule has 0 saturated carbocycles. The van der Waals surface area contributed by atoms with E-state index in [0.29, 0.717) is 0 Å². The van der Waals surface area contributed by atoms with Gasteiger partial charge in [-0.3, -0.25) is 0 Å². The number of hydrogen-bond donors (Lipinski definition) is 0. The molecule has 0 fully saturated rings. The van der Waals surface area contributed by atoms with E-state index in [0.717, 1.165) is 0 Å². The average Bonchev–Trinajstić information content (AvgIpc) is 2.68. The molecule has 2 aromatic rings. The second-order valence-corrected chi connectivity index (χ2v) is 26.1. The van der Waals surface area contributed by atoms with Crippen LogP contribution in [0.3, 0.4) is 0 Å². The average molecular weight is 399 g/mol. The summed E-state index contributed by atoms with van der Waals surface area (Å²) < 4.78 is 1.77. The van der Waals surface area contributed by atoms with E-state index in [9.17, 15) is 0 Å². The van der Waals surface area contributed by atoms with Gasteiger partial charge in [0.25, 0.3) is 0 Å². The Labute approximate surface area is 133 Å². The summed E-state index contributed by atoms with van der Waals surface area (Å²) in [7, 11) is -1.57. The predicted octanol–water partition coefficient (Wildman–Crippen LogP) is 4.94. The van der Waals surface area contributed by atoms with Crippen LogP contribution in [0.4, 0.5) is 0 Å². The van der Waals surface area contributed by atoms with Gasteiger partial charge in [-0.1, -0.05) is 0 Å². The molecule has 0 bridgehead atoms. The molecule has 2 heteroatoms. The molecule has 0 saturated heterocycles. The van der Waals surface area contributed by atoms with Crippen LogP contribution in [0.2, 0.25) is 27.9 Å². The van der Waals surface area contributed by atoms with E-state index in [2.05, 4.69) is 82.5 Å². The quantitative estimate of drug-likeness (QED) is 0.628. The van der Waals surface area contributed by atoms with Crippen molar-refractivity contribution >= 4 is 40.4 Å². The summed E-state index contributed by atoms with van der Waals surface area (Å²) in [5.74, 6) is 0. The zero-order valence-corrected chi connectivity index (χ0v) is 17.6. The number of hydrogen-bond acceptors (Lipinski definition) is 0. The van der Waals surface area contributed by atoms with Crippen LogP contribution in [0, 0.1) is 0 Å². The van der Waals surface area contributed by atoms with Crippen LogP contribution in [0.15, 0.2) is 54.6 Å². The van der Waals surface area contributed by atoms with Crippen molar-refractivity contribution in [1.29, 1.82) is 0 Å². The van der Waals surface area contributed by atoms with Crippen molar-refractivity contribution in [3.8, 4) is 0 Å². The molecular weight excluding hydrogens is 375 g/mol. The Morgan fingerprint density at radius 2 is 1.33 bits per heavy atom. The first-order valence-electron chi connectivity index (χ1n) is 7.74. The summed E-state index contributed by atoms with van der Waals surface area (Å²) in [6, 6.07) is 20.3. The van der Waals surface area contributed by atoms with Crippen molar-refractivity contribution < 1.29 is 0 Å². The Hall–Kier alpha value is -0.804. The molecule has 0 unspecified atom stereocenters. The fourth-order valence-electron chi connectivity index (χ4n) is 3.72. The van der Waals surface area contributed by atoms with Gasteiger partial charge in [0.05, 0.1) is 0 Å². The Balaban J connectivity index is 2.37. The minimum atomic E-state index is -2.20. The minimum absolute atomic E-state index is 1.46. The second-order valence-electron chi connectivity index (χ2n) is 7.54. The second kappa shape index (κ2) is 5.13. The van der Waals surface area contributed by atoms with Crippen LogP contribution in [0.1, 0.15) is 11.1 Å². The molecule has 0 spiro atoms. The van der Waals surface area contributed by atoms with Gasteiger partial charge in [-0.25, -0.2) is 0 Å². The van der Waals surface area contributed by atoms with E-state index < -0.39 is 26.5 Å². The topological polar surface area (TPSA) is 0 Å². The van der Waals surface area contributed by atoms with Crippen LogP contribution in [0.25, 0.3) is 8.79 Å². The van der Waals surface area contributed by atoms with Crippen molar-refractivity contribution in [2.45, 2.75) is 27.9 Å². The molecule has 21 heavy (non-hydrogen) atoms. The van der Waals surface area contributed by atoms with Crippen molar-refractivity contribution in [2.75, 3.05) is 0 Å². The van der Waals surface area contributed by atoms with Crippen molar-refractivity contribution in [2.24, 2.45) is 0 Å². The van der Waals surface area contributed by atoms with Crippen LogP contribution in [-0.4, -0.2) is 26.5 Å². The monoisotopic (exact) mass is 400 g/mol. The summed E-state index contributed by atoms with van der Waals surface area (Å²) in [4.78, 5) is 7.67. The first-order valence-corrected chi connectivity index (χ1v) is 20.7. The summed E-state index contributed by atoms with van der Waals surface area (Å²) in [6.45, 7) is 5.05. The number of fused-ring (bicyclic) bond motifs is 1. The number of benzene rings is 2. The van der Waals surface area contributed by atoms with Gasteiger partial charge >= 0.3 is 134 Å². The Bertz CT molecular complexity index is 706. The Morgan fingerprint density at radius 3 is 1.95 bits per heavy atom. The molecule has 0 N–H and O–H groups in total. The third-order valence-corrected chi connectivity index (χ3v) is 14.6. The SMILES string of the molecule is C[Si]1(C)C(c2ccccc2)=[C]([Sn]([CH3])([CH3])[CH3])c2ccccc21. The normalized spacial score (nSPS) is 17.0. The third-order valence-electron chi connectivity index (χ3n) is 4.56. The fourth-order valence-corrected chi connectivity index (χ4v) is 18.1. The van der Waals surface area contributed by atoms with Crippen molar-refractivity contribution in [3.63, 3.8) is 0 Å². The molecule has 3 rings (SSSR count). The Morgan fingerprint density at radius 1 is 0.762 bits per heavy atom. The van der Waals surface area contributed by atoms with Gasteiger partial charge in [-0.2, -0.15) is 0 Å². The molecule has 0 radical (unpaired) electrons. The van der Waals surface area contributed by atoms with Gasteiger partial charge in [-0.05, 0) is 0 Å². The zero-order valence-electron chi connectivity index (χ0n) is 13.7. The van der Waals surface area contributed by atoms with Crippen LogP contribution in [0.5, 0.6) is 0 Å². The van der Waals surface area contributed by atoms with Gasteiger partial charge in [0.1, 0.15) is 0 Å². The first-order chi connectivity index (χ1) is 9.83. The van der Waals surface area contributed by atoms with Gasteiger partial charge in [0.2, 0.25) is 0 Å². The van der Waals surface area contributed by atoms with Gasteiger partial charge < -0.3 is 0 Å². The maximum absolute atomic E-state index is 2.56. The maximum atomic E-state index is 2.56. The van der Waals surface area contributed by atoms with E-state index in [4.69, 9.17) is 0 Å². The van der Waals surface area contributed by atoms with E-state index in [-0.39, 0.29) is 0 Å². The standard InChI is InChI=1S/C16H15Si.3CH3.Sn/c1-17(2)15-11-7-6-10-14(15)12-16(17)13-8-4-3-5-9-13;;;;/h3-11H,1-2H3;3*1H3;. The van der Waals surface area contributed by atoms with Gasteiger partial charge in [0.15, 0.2) is 0 Å². The molecule has 0 aromatic heterocycles. The first kappa shape index (κ1) is 15.1. The molecule has 0 amide bonds. The van der Waals surface area contributed by atoms with Gasteiger partial charge in [-0.15, -0.1) is 0 Å². The van der Waals surface area contributed by atoms with Crippen LogP contribution in [-0.2, 0) is 0 Å². The van der Waals surface area contributed by atoms with Crippen molar-refractivity contribution in [3.05, 3.63) is 65.7 Å². The van der Waals surface area contributed by atoms with E-state index in [1.165, 1.54) is 5.56 Å². The van der Waals surface area contributed by atoms with E-state index >= 15 is 0 Å². The van der Waals surface area contributed by atoms with Crippen LogP contribution < -0.4 is 5.19 Å². The molecule has 1 aliphatic rings. The zero-order chi connectivity index (χ0) is 15.3. The summed E-state index contributed by atoms with van der Waals surface area (Å²) in [5, 5.41) is 3.36. The Kier molecular flexibility index (Phi) is 3.69. The molecule has 0 atom stereocenters. The fraction of sp³-hybridized carbons (Fsp3) is 0.263. The summed E-state index contributed by atoms with van der Waals surface area (Å²) in [6.07, 6.45) is 0. The molecule has 2 aromatic carbocycles. The van der Waals surface area contributed by atoms with E-state index in [1.807, 2.05) is 0 Å². The van der Waals surface area contributed by atoms with Gasteiger partial charge in [0, 0.05) is 0 Å². The third kappa shape index (κ3) is 2.44. The molecule has 1 heterocycles. The number of rotatable bonds is 2. The van der Waals surface area contributed by atoms with Crippen LogP contribution >= 0.6 is 0 Å². The summed E-state index contributed by atoms with van der Waals surface area (Å²) in [5.41, 5.74) is 3.04. The molecule has 0 aliphatic carbocycles. The molecule has 1 aliphatic heterocycles. The molecular formula is C19H24SiSn. The van der Waals surface area contributed by atoms with Crippen molar-refractivity contribution in [1.82, 2.24) is 0 Å². The summed E-state index contributed by atoms with van der Waals surface area (Å²) >= 11 is -2.20. The molecule has 0 nitrogen and oxygen atoms in total. The van der Waals surface area contributed by atoms with E-state index in [1.54, 1.807) is 19.5 Å².